The number of rotatable bonds is 10. The van der Waals surface area contributed by atoms with E-state index in [1.807, 2.05) is 12.1 Å². The van der Waals surface area contributed by atoms with Crippen molar-refractivity contribution in [3.8, 4) is 0 Å². The van der Waals surface area contributed by atoms with E-state index in [9.17, 15) is 8.42 Å². The summed E-state index contributed by atoms with van der Waals surface area (Å²) in [5.41, 5.74) is 1.23. The minimum atomic E-state index is -3.34. The maximum atomic E-state index is 12.2. The van der Waals surface area contributed by atoms with Crippen LogP contribution in [0.5, 0.6) is 0 Å². The summed E-state index contributed by atoms with van der Waals surface area (Å²) < 4.78 is 34.8. The third-order valence-electron chi connectivity index (χ3n) is 5.24. The summed E-state index contributed by atoms with van der Waals surface area (Å²) in [7, 11) is -1.66. The molecule has 0 radical (unpaired) electrons. The van der Waals surface area contributed by atoms with Crippen LogP contribution in [0, 0.1) is 0 Å². The number of ether oxygens (including phenoxy) is 1. The smallest absolute Gasteiger partial charge is 0.213 e. The van der Waals surface area contributed by atoms with Gasteiger partial charge in [0.2, 0.25) is 10.0 Å². The number of benzene rings is 1. The molecule has 0 saturated carbocycles. The molecular formula is C21H33N5O3S. The summed E-state index contributed by atoms with van der Waals surface area (Å²) in [5, 5.41) is 7.55. The Bertz CT molecular complexity index is 920. The molecule has 1 unspecified atom stereocenters. The lowest BCUT2D eigenvalue weighted by Gasteiger charge is -2.22. The van der Waals surface area contributed by atoms with E-state index in [4.69, 9.17) is 4.74 Å². The molecule has 1 saturated heterocycles. The molecule has 3 N–H and O–H groups in total. The van der Waals surface area contributed by atoms with Gasteiger partial charge in [0.05, 0.1) is 11.9 Å². The lowest BCUT2D eigenvalue weighted by molar-refractivity contribution is 0.0200. The molecule has 0 spiro atoms. The Kier molecular flexibility index (Phi) is 8.53. The van der Waals surface area contributed by atoms with Gasteiger partial charge in [-0.3, -0.25) is 4.99 Å². The van der Waals surface area contributed by atoms with E-state index in [1.165, 1.54) is 10.9 Å². The average Bonchev–Trinajstić information content (AvgIpc) is 3.18. The summed E-state index contributed by atoms with van der Waals surface area (Å²) in [6.07, 6.45) is 6.09. The van der Waals surface area contributed by atoms with Crippen molar-refractivity contribution in [1.29, 1.82) is 0 Å². The first kappa shape index (κ1) is 22.6. The molecular weight excluding hydrogens is 402 g/mol. The predicted molar refractivity (Wildman–Crippen MR) is 121 cm³/mol. The number of para-hydroxylation sites is 1. The van der Waals surface area contributed by atoms with Gasteiger partial charge in [0.1, 0.15) is 0 Å². The summed E-state index contributed by atoms with van der Waals surface area (Å²) in [4.78, 5) is 4.16. The van der Waals surface area contributed by atoms with Gasteiger partial charge in [0.15, 0.2) is 5.96 Å². The van der Waals surface area contributed by atoms with Crippen LogP contribution < -0.4 is 15.4 Å². The van der Waals surface area contributed by atoms with E-state index >= 15 is 0 Å². The van der Waals surface area contributed by atoms with E-state index in [-0.39, 0.29) is 11.9 Å². The largest absolute Gasteiger partial charge is 0.377 e. The monoisotopic (exact) mass is 435 g/mol. The summed E-state index contributed by atoms with van der Waals surface area (Å²) in [6.45, 7) is 3.01. The fraction of sp³-hybridized carbons (Fsp3) is 0.571. The van der Waals surface area contributed by atoms with E-state index in [1.54, 1.807) is 7.05 Å². The maximum Gasteiger partial charge on any atom is 0.213 e. The van der Waals surface area contributed by atoms with Crippen molar-refractivity contribution in [3.05, 3.63) is 36.5 Å². The van der Waals surface area contributed by atoms with Gasteiger partial charge in [-0.25, -0.2) is 13.1 Å². The molecule has 1 aromatic heterocycles. The van der Waals surface area contributed by atoms with Crippen LogP contribution in [0.3, 0.4) is 0 Å². The van der Waals surface area contributed by atoms with Gasteiger partial charge in [-0.15, -0.1) is 0 Å². The Hall–Kier alpha value is -2.10. The average molecular weight is 436 g/mol. The topological polar surface area (TPSA) is 96.8 Å². The van der Waals surface area contributed by atoms with E-state index in [2.05, 4.69) is 49.3 Å². The summed E-state index contributed by atoms with van der Waals surface area (Å²) in [6, 6.07) is 10.5. The summed E-state index contributed by atoms with van der Waals surface area (Å²) >= 11 is 0. The van der Waals surface area contributed by atoms with E-state index in [0.29, 0.717) is 19.0 Å². The van der Waals surface area contributed by atoms with E-state index in [0.717, 1.165) is 45.4 Å². The number of aliphatic imine (C=N–C) groups is 1. The molecule has 1 aliphatic rings. The standard InChI is InChI=1S/C21H33N5O3S/c1-22-21(23-11-6-13-26-14-10-18-7-2-3-9-20(18)26)24-12-16-30(27,28)25-17-19-8-4-5-15-29-19/h2-3,7,9-10,14,19,25H,4-6,8,11-13,15-17H2,1H3,(H2,22,23,24). The molecule has 8 nitrogen and oxygen atoms in total. The Morgan fingerprint density at radius 2 is 2.03 bits per heavy atom. The minimum absolute atomic E-state index is 0.00419. The molecule has 1 aromatic carbocycles. The SMILES string of the molecule is CN=C(NCCCn1ccc2ccccc21)NCCS(=O)(=O)NCC1CCCCO1. The van der Waals surface area contributed by atoms with Gasteiger partial charge >= 0.3 is 0 Å². The lowest BCUT2D eigenvalue weighted by atomic mass is 10.1. The third kappa shape index (κ3) is 7.00. The maximum absolute atomic E-state index is 12.2. The van der Waals surface area contributed by atoms with Crippen LogP contribution in [0.2, 0.25) is 0 Å². The van der Waals surface area contributed by atoms with Gasteiger partial charge in [-0.1, -0.05) is 18.2 Å². The molecule has 1 fully saturated rings. The number of nitrogens with zero attached hydrogens (tertiary/aromatic N) is 2. The molecule has 1 atom stereocenters. The molecule has 0 bridgehead atoms. The highest BCUT2D eigenvalue weighted by molar-refractivity contribution is 7.89. The molecule has 1 aliphatic heterocycles. The Balaban J connectivity index is 1.32. The Morgan fingerprint density at radius 1 is 1.20 bits per heavy atom. The molecule has 0 amide bonds. The van der Waals surface area contributed by atoms with Gasteiger partial charge < -0.3 is 19.9 Å². The van der Waals surface area contributed by atoms with Crippen LogP contribution >= 0.6 is 0 Å². The van der Waals surface area contributed by atoms with Crippen LogP contribution in [0.4, 0.5) is 0 Å². The van der Waals surface area contributed by atoms with Crippen molar-refractivity contribution in [1.82, 2.24) is 19.9 Å². The van der Waals surface area contributed by atoms with Crippen molar-refractivity contribution >= 4 is 26.9 Å². The third-order valence-corrected chi connectivity index (χ3v) is 6.59. The zero-order valence-corrected chi connectivity index (χ0v) is 18.5. The van der Waals surface area contributed by atoms with Crippen LogP contribution in [0.15, 0.2) is 41.5 Å². The molecule has 2 aromatic rings. The van der Waals surface area contributed by atoms with Crippen molar-refractivity contribution in [2.24, 2.45) is 4.99 Å². The normalized spacial score (nSPS) is 17.9. The first-order valence-corrected chi connectivity index (χ1v) is 12.3. The summed E-state index contributed by atoms with van der Waals surface area (Å²) in [5.74, 6) is 0.605. The number of aromatic nitrogens is 1. The van der Waals surface area contributed by atoms with Crippen LogP contribution in [0.1, 0.15) is 25.7 Å². The fourth-order valence-corrected chi connectivity index (χ4v) is 4.53. The van der Waals surface area contributed by atoms with Crippen molar-refractivity contribution in [2.75, 3.05) is 39.0 Å². The van der Waals surface area contributed by atoms with Gasteiger partial charge in [-0.05, 0) is 43.2 Å². The van der Waals surface area contributed by atoms with Crippen LogP contribution in [-0.4, -0.2) is 64.1 Å². The molecule has 30 heavy (non-hydrogen) atoms. The molecule has 3 rings (SSSR count). The molecule has 166 valence electrons. The first-order valence-electron chi connectivity index (χ1n) is 10.6. The van der Waals surface area contributed by atoms with Crippen molar-refractivity contribution < 1.29 is 13.2 Å². The number of hydrogen-bond donors (Lipinski definition) is 3. The highest BCUT2D eigenvalue weighted by Gasteiger charge is 2.17. The second-order valence-electron chi connectivity index (χ2n) is 7.50. The number of guanidine groups is 1. The molecule has 2 heterocycles. The zero-order chi connectivity index (χ0) is 21.2. The number of fused-ring (bicyclic) bond motifs is 1. The van der Waals surface area contributed by atoms with Crippen molar-refractivity contribution in [2.45, 2.75) is 38.3 Å². The van der Waals surface area contributed by atoms with Crippen molar-refractivity contribution in [3.63, 3.8) is 0 Å². The molecule has 9 heteroatoms. The first-order chi connectivity index (χ1) is 14.6. The zero-order valence-electron chi connectivity index (χ0n) is 17.6. The lowest BCUT2D eigenvalue weighted by Crippen LogP contribution is -2.42. The van der Waals surface area contributed by atoms with Gasteiger partial charge in [-0.2, -0.15) is 0 Å². The number of hydrogen-bond acceptors (Lipinski definition) is 4. The van der Waals surface area contributed by atoms with Crippen LogP contribution in [0.25, 0.3) is 10.9 Å². The fourth-order valence-electron chi connectivity index (χ4n) is 3.58. The van der Waals surface area contributed by atoms with Gasteiger partial charge in [0, 0.05) is 51.5 Å². The predicted octanol–water partition coefficient (Wildman–Crippen LogP) is 1.68. The van der Waals surface area contributed by atoms with E-state index < -0.39 is 10.0 Å². The number of aryl methyl sites for hydroxylation is 1. The molecule has 0 aliphatic carbocycles. The second kappa shape index (κ2) is 11.3. The second-order valence-corrected chi connectivity index (χ2v) is 9.43. The Labute approximate surface area is 179 Å². The quantitative estimate of drug-likeness (QED) is 0.300. The highest BCUT2D eigenvalue weighted by atomic mass is 32.2. The minimum Gasteiger partial charge on any atom is -0.377 e. The Morgan fingerprint density at radius 3 is 2.83 bits per heavy atom. The van der Waals surface area contributed by atoms with Gasteiger partial charge in [0.25, 0.3) is 0 Å². The van der Waals surface area contributed by atoms with Crippen LogP contribution in [-0.2, 0) is 21.3 Å². The number of sulfonamides is 1. The number of nitrogens with one attached hydrogen (secondary N) is 3. The highest BCUT2D eigenvalue weighted by Crippen LogP contribution is 2.15.